The number of pyridine rings is 1. The summed E-state index contributed by atoms with van der Waals surface area (Å²) in [5.74, 6) is 1.25. The van der Waals surface area contributed by atoms with Gasteiger partial charge in [0.1, 0.15) is 10.1 Å². The maximum Gasteiger partial charge on any atom is 0.335 e. The highest BCUT2D eigenvalue weighted by molar-refractivity contribution is 9.10. The molecular weight excluding hydrogens is 521 g/mol. The Balaban J connectivity index is 1.68. The van der Waals surface area contributed by atoms with Crippen molar-refractivity contribution in [3.63, 3.8) is 0 Å². The molecule has 180 valence electrons. The lowest BCUT2D eigenvalue weighted by Crippen LogP contribution is -2.01. The van der Waals surface area contributed by atoms with Crippen molar-refractivity contribution in [1.82, 2.24) is 14.5 Å². The van der Waals surface area contributed by atoms with Crippen LogP contribution >= 0.6 is 23.5 Å². The molecule has 0 aliphatic heterocycles. The molecule has 0 unspecified atom stereocenters. The van der Waals surface area contributed by atoms with Crippen LogP contribution in [0.15, 0.2) is 47.3 Å². The first-order valence-electron chi connectivity index (χ1n) is 10.9. The monoisotopic (exact) mass is 547 g/mol. The molecule has 0 aliphatic rings. The molecule has 0 N–H and O–H groups in total. The predicted octanol–water partition coefficient (Wildman–Crippen LogP) is 6.18. The summed E-state index contributed by atoms with van der Waals surface area (Å²) in [7, 11) is 0.0744. The molecule has 0 fully saturated rings. The van der Waals surface area contributed by atoms with Crippen molar-refractivity contribution in [3.05, 3.63) is 58.5 Å². The Hall–Kier alpha value is -2.45. The number of imidazole rings is 1. The number of nitrogens with zero attached hydrogens (tertiary/aromatic N) is 3. The van der Waals surface area contributed by atoms with Crippen LogP contribution in [-0.4, -0.2) is 42.0 Å². The van der Waals surface area contributed by atoms with E-state index in [1.54, 1.807) is 20.5 Å². The van der Waals surface area contributed by atoms with Gasteiger partial charge in [0.25, 0.3) is 0 Å². The van der Waals surface area contributed by atoms with Crippen LogP contribution in [-0.2, 0) is 26.3 Å². The molecular formula is C24H27BrN3O5P. The lowest BCUT2D eigenvalue weighted by atomic mass is 10.1. The highest BCUT2D eigenvalue weighted by Gasteiger charge is 2.24. The number of aromatic nitrogens is 3. The number of benzene rings is 2. The molecule has 4 aromatic rings. The van der Waals surface area contributed by atoms with E-state index in [9.17, 15) is 4.57 Å². The molecule has 0 saturated carbocycles. The van der Waals surface area contributed by atoms with Crippen molar-refractivity contribution >= 4 is 45.5 Å². The lowest BCUT2D eigenvalue weighted by Gasteiger charge is -2.17. The van der Waals surface area contributed by atoms with Crippen LogP contribution < -0.4 is 9.47 Å². The minimum Gasteiger partial charge on any atom is -0.493 e. The third-order valence-corrected chi connectivity index (χ3v) is 8.02. The first kappa shape index (κ1) is 24.7. The number of hydrogen-bond donors (Lipinski definition) is 0. The minimum absolute atomic E-state index is 0.244. The standard InChI is InChI=1S/C24H27BrN3O5P/c1-5-32-34(29,33-6-2)14-17-9-7-16(8-10-17)13-28-15-26-22-23(28)18-11-20(30-3)21(31-4)12-19(18)27-24(22)25/h7-12,15H,5-6,13-14H2,1-4H3. The van der Waals surface area contributed by atoms with Crippen LogP contribution in [0.4, 0.5) is 0 Å². The number of methoxy groups -OCH3 is 2. The van der Waals surface area contributed by atoms with Gasteiger partial charge in [0, 0.05) is 18.0 Å². The van der Waals surface area contributed by atoms with Crippen molar-refractivity contribution in [3.8, 4) is 11.5 Å². The fourth-order valence-electron chi connectivity index (χ4n) is 3.94. The van der Waals surface area contributed by atoms with E-state index in [-0.39, 0.29) is 6.16 Å². The number of hydrogen-bond acceptors (Lipinski definition) is 7. The number of ether oxygens (including phenoxy) is 2. The van der Waals surface area contributed by atoms with Gasteiger partial charge in [-0.1, -0.05) is 24.3 Å². The van der Waals surface area contributed by atoms with Crippen molar-refractivity contribution in [2.75, 3.05) is 27.4 Å². The van der Waals surface area contributed by atoms with Crippen molar-refractivity contribution < 1.29 is 23.1 Å². The molecule has 0 bridgehead atoms. The SMILES string of the molecule is CCOP(=O)(Cc1ccc(Cn2cnc3c(Br)nc4cc(OC)c(OC)cc4c32)cc1)OCC. The van der Waals surface area contributed by atoms with E-state index in [1.807, 2.05) is 50.2 Å². The van der Waals surface area contributed by atoms with Gasteiger partial charge < -0.3 is 23.1 Å². The van der Waals surface area contributed by atoms with Gasteiger partial charge in [-0.3, -0.25) is 4.57 Å². The zero-order valence-corrected chi connectivity index (χ0v) is 22.1. The summed E-state index contributed by atoms with van der Waals surface area (Å²) < 4.78 is 37.4. The predicted molar refractivity (Wildman–Crippen MR) is 136 cm³/mol. The van der Waals surface area contributed by atoms with Crippen LogP contribution in [0.1, 0.15) is 25.0 Å². The number of fused-ring (bicyclic) bond motifs is 3. The Morgan fingerprint density at radius 3 is 2.21 bits per heavy atom. The van der Waals surface area contributed by atoms with Gasteiger partial charge in [-0.05, 0) is 47.0 Å². The fourth-order valence-corrected chi connectivity index (χ4v) is 6.12. The molecule has 0 amide bonds. The van der Waals surface area contributed by atoms with E-state index in [2.05, 4.69) is 30.5 Å². The maximum atomic E-state index is 12.8. The molecule has 2 heterocycles. The second kappa shape index (κ2) is 10.4. The molecule has 4 rings (SSSR count). The number of rotatable bonds is 10. The molecule has 2 aromatic carbocycles. The second-order valence-corrected chi connectivity index (χ2v) is 10.4. The van der Waals surface area contributed by atoms with Gasteiger partial charge in [-0.15, -0.1) is 0 Å². The smallest absolute Gasteiger partial charge is 0.335 e. The van der Waals surface area contributed by atoms with Gasteiger partial charge in [0.2, 0.25) is 0 Å². The fraction of sp³-hybridized carbons (Fsp3) is 0.333. The Labute approximate surface area is 206 Å². The van der Waals surface area contributed by atoms with E-state index < -0.39 is 7.60 Å². The van der Waals surface area contributed by atoms with Gasteiger partial charge in [-0.25, -0.2) is 9.97 Å². The second-order valence-electron chi connectivity index (χ2n) is 7.62. The van der Waals surface area contributed by atoms with Crippen LogP contribution in [0.2, 0.25) is 0 Å². The molecule has 0 radical (unpaired) electrons. The van der Waals surface area contributed by atoms with E-state index in [0.717, 1.165) is 33.1 Å². The summed E-state index contributed by atoms with van der Waals surface area (Å²) in [5.41, 5.74) is 4.47. The Kier molecular flexibility index (Phi) is 7.57. The zero-order valence-electron chi connectivity index (χ0n) is 19.6. The van der Waals surface area contributed by atoms with Crippen LogP contribution in [0.25, 0.3) is 21.9 Å². The zero-order chi connectivity index (χ0) is 24.3. The summed E-state index contributed by atoms with van der Waals surface area (Å²) >= 11 is 3.55. The highest BCUT2D eigenvalue weighted by atomic mass is 79.9. The molecule has 10 heteroatoms. The summed E-state index contributed by atoms with van der Waals surface area (Å²) in [4.78, 5) is 9.22. The Morgan fingerprint density at radius 1 is 0.971 bits per heavy atom. The van der Waals surface area contributed by atoms with Crippen LogP contribution in [0.3, 0.4) is 0 Å². The summed E-state index contributed by atoms with van der Waals surface area (Å²) in [5, 5.41) is 0.916. The maximum absolute atomic E-state index is 12.8. The first-order valence-corrected chi connectivity index (χ1v) is 13.5. The first-order chi connectivity index (χ1) is 16.4. The molecule has 8 nitrogen and oxygen atoms in total. The summed E-state index contributed by atoms with van der Waals surface area (Å²) in [6.45, 7) is 4.92. The topological polar surface area (TPSA) is 84.7 Å². The van der Waals surface area contributed by atoms with Crippen molar-refractivity contribution in [2.45, 2.75) is 26.6 Å². The summed E-state index contributed by atoms with van der Waals surface area (Å²) in [6.07, 6.45) is 2.05. The quantitative estimate of drug-likeness (QED) is 0.173. The average Bonchev–Trinajstić information content (AvgIpc) is 3.24. The molecule has 0 saturated heterocycles. The molecule has 34 heavy (non-hydrogen) atoms. The average molecular weight is 548 g/mol. The van der Waals surface area contributed by atoms with E-state index in [4.69, 9.17) is 18.5 Å². The minimum atomic E-state index is -3.14. The van der Waals surface area contributed by atoms with Crippen molar-refractivity contribution in [2.24, 2.45) is 0 Å². The van der Waals surface area contributed by atoms with E-state index >= 15 is 0 Å². The molecule has 0 atom stereocenters. The number of halogens is 1. The van der Waals surface area contributed by atoms with Gasteiger partial charge >= 0.3 is 7.60 Å². The van der Waals surface area contributed by atoms with Gasteiger partial charge in [-0.2, -0.15) is 0 Å². The van der Waals surface area contributed by atoms with Gasteiger partial charge in [0.15, 0.2) is 11.5 Å². The summed E-state index contributed by atoms with van der Waals surface area (Å²) in [6, 6.07) is 11.7. The lowest BCUT2D eigenvalue weighted by molar-refractivity contribution is 0.219. The van der Waals surface area contributed by atoms with E-state index in [1.165, 1.54) is 0 Å². The Morgan fingerprint density at radius 2 is 1.59 bits per heavy atom. The highest BCUT2D eigenvalue weighted by Crippen LogP contribution is 2.51. The molecule has 0 aliphatic carbocycles. The largest absolute Gasteiger partial charge is 0.493 e. The Bertz CT molecular complexity index is 1350. The van der Waals surface area contributed by atoms with Crippen LogP contribution in [0, 0.1) is 0 Å². The van der Waals surface area contributed by atoms with Gasteiger partial charge in [0.05, 0.1) is 51.0 Å². The molecule has 2 aromatic heterocycles. The normalized spacial score (nSPS) is 11.9. The molecule has 0 spiro atoms. The van der Waals surface area contributed by atoms with E-state index in [0.29, 0.717) is 35.9 Å². The third kappa shape index (κ3) is 4.98. The van der Waals surface area contributed by atoms with Crippen molar-refractivity contribution in [1.29, 1.82) is 0 Å². The third-order valence-electron chi connectivity index (χ3n) is 5.41. The van der Waals surface area contributed by atoms with Crippen LogP contribution in [0.5, 0.6) is 11.5 Å².